The Hall–Kier alpha value is -1.17. The van der Waals surface area contributed by atoms with Crippen molar-refractivity contribution >= 4 is 21.6 Å². The molecule has 2 aromatic rings. The summed E-state index contributed by atoms with van der Waals surface area (Å²) in [6, 6.07) is 6.20. The van der Waals surface area contributed by atoms with Gasteiger partial charge in [-0.05, 0) is 24.6 Å². The van der Waals surface area contributed by atoms with Crippen LogP contribution in [0.25, 0.3) is 10.2 Å². The predicted octanol–water partition coefficient (Wildman–Crippen LogP) is 2.14. The van der Waals surface area contributed by atoms with Crippen LogP contribution in [0.5, 0.6) is 5.75 Å². The molecular formula is C15H21N3OS. The highest BCUT2D eigenvalue weighted by molar-refractivity contribution is 7.18. The quantitative estimate of drug-likeness (QED) is 0.916. The molecule has 0 saturated carbocycles. The average Bonchev–Trinajstić information content (AvgIpc) is 2.91. The van der Waals surface area contributed by atoms with Gasteiger partial charge in [-0.1, -0.05) is 6.92 Å². The van der Waals surface area contributed by atoms with Gasteiger partial charge in [-0.3, -0.25) is 4.90 Å². The van der Waals surface area contributed by atoms with Crippen LogP contribution in [-0.2, 0) is 6.42 Å². The molecule has 20 heavy (non-hydrogen) atoms. The minimum atomic E-state index is 0.755. The van der Waals surface area contributed by atoms with Gasteiger partial charge in [-0.25, -0.2) is 4.98 Å². The Bertz CT molecular complexity index is 563. The number of ether oxygens (including phenoxy) is 1. The summed E-state index contributed by atoms with van der Waals surface area (Å²) < 4.78 is 7.10. The van der Waals surface area contributed by atoms with Crippen molar-refractivity contribution in [2.75, 3.05) is 39.3 Å². The lowest BCUT2D eigenvalue weighted by atomic mass is 10.3. The largest absolute Gasteiger partial charge is 0.492 e. The van der Waals surface area contributed by atoms with E-state index in [-0.39, 0.29) is 0 Å². The van der Waals surface area contributed by atoms with Crippen molar-refractivity contribution in [2.45, 2.75) is 13.3 Å². The van der Waals surface area contributed by atoms with E-state index in [1.807, 2.05) is 6.07 Å². The maximum Gasteiger partial charge on any atom is 0.120 e. The molecule has 4 nitrogen and oxygen atoms in total. The molecule has 2 heterocycles. The molecule has 1 aliphatic heterocycles. The Labute approximate surface area is 123 Å². The van der Waals surface area contributed by atoms with Crippen molar-refractivity contribution in [1.82, 2.24) is 15.2 Å². The minimum Gasteiger partial charge on any atom is -0.492 e. The van der Waals surface area contributed by atoms with E-state index < -0.39 is 0 Å². The molecule has 3 rings (SSSR count). The van der Waals surface area contributed by atoms with Crippen LogP contribution >= 0.6 is 11.3 Å². The molecule has 0 spiro atoms. The lowest BCUT2D eigenvalue weighted by Gasteiger charge is -2.26. The van der Waals surface area contributed by atoms with Gasteiger partial charge < -0.3 is 10.1 Å². The second-order valence-electron chi connectivity index (χ2n) is 5.03. The summed E-state index contributed by atoms with van der Waals surface area (Å²) in [5.74, 6) is 0.957. The minimum absolute atomic E-state index is 0.755. The number of nitrogens with zero attached hydrogens (tertiary/aromatic N) is 2. The highest BCUT2D eigenvalue weighted by atomic mass is 32.1. The maximum absolute atomic E-state index is 5.88. The van der Waals surface area contributed by atoms with Gasteiger partial charge in [-0.2, -0.15) is 0 Å². The van der Waals surface area contributed by atoms with Crippen LogP contribution in [0.4, 0.5) is 0 Å². The standard InChI is InChI=1S/C15H21N3OS/c1-2-15-17-13-4-3-12(11-14(13)20-15)19-10-9-18-7-5-16-6-8-18/h3-4,11,16H,2,5-10H2,1H3. The first-order valence-corrected chi connectivity index (χ1v) is 8.12. The van der Waals surface area contributed by atoms with Gasteiger partial charge >= 0.3 is 0 Å². The van der Waals surface area contributed by atoms with E-state index in [1.165, 1.54) is 9.71 Å². The zero-order chi connectivity index (χ0) is 13.8. The van der Waals surface area contributed by atoms with Crippen molar-refractivity contribution < 1.29 is 4.74 Å². The normalized spacial score (nSPS) is 16.6. The van der Waals surface area contributed by atoms with Gasteiger partial charge in [0.05, 0.1) is 15.2 Å². The second-order valence-corrected chi connectivity index (χ2v) is 6.15. The number of aryl methyl sites for hydroxylation is 1. The highest BCUT2D eigenvalue weighted by Crippen LogP contribution is 2.26. The zero-order valence-electron chi connectivity index (χ0n) is 11.9. The van der Waals surface area contributed by atoms with E-state index in [1.54, 1.807) is 11.3 Å². The first-order chi connectivity index (χ1) is 9.85. The Morgan fingerprint density at radius 1 is 1.35 bits per heavy atom. The molecule has 0 radical (unpaired) electrons. The van der Waals surface area contributed by atoms with Gasteiger partial charge in [0.15, 0.2) is 0 Å². The summed E-state index contributed by atoms with van der Waals surface area (Å²) in [6.45, 7) is 8.32. The fourth-order valence-electron chi connectivity index (χ4n) is 2.42. The molecule has 1 fully saturated rings. The van der Waals surface area contributed by atoms with Gasteiger partial charge in [0.1, 0.15) is 12.4 Å². The summed E-state index contributed by atoms with van der Waals surface area (Å²) in [4.78, 5) is 7.02. The number of fused-ring (bicyclic) bond motifs is 1. The summed E-state index contributed by atoms with van der Waals surface area (Å²) in [5, 5.41) is 4.56. The average molecular weight is 291 g/mol. The Balaban J connectivity index is 1.56. The third-order valence-corrected chi connectivity index (χ3v) is 4.75. The van der Waals surface area contributed by atoms with Crippen molar-refractivity contribution in [1.29, 1.82) is 0 Å². The lowest BCUT2D eigenvalue weighted by Crippen LogP contribution is -2.44. The van der Waals surface area contributed by atoms with E-state index in [4.69, 9.17) is 4.74 Å². The molecule has 1 aliphatic rings. The summed E-state index contributed by atoms with van der Waals surface area (Å²) in [7, 11) is 0. The van der Waals surface area contributed by atoms with Crippen LogP contribution in [0, 0.1) is 0 Å². The SMILES string of the molecule is CCc1nc2ccc(OCCN3CCNCC3)cc2s1. The Kier molecular flexibility index (Phi) is 4.50. The van der Waals surface area contributed by atoms with Crippen LogP contribution in [0.3, 0.4) is 0 Å². The molecule has 1 N–H and O–H groups in total. The van der Waals surface area contributed by atoms with Crippen molar-refractivity contribution in [3.05, 3.63) is 23.2 Å². The smallest absolute Gasteiger partial charge is 0.120 e. The number of hydrogen-bond acceptors (Lipinski definition) is 5. The molecule has 0 unspecified atom stereocenters. The van der Waals surface area contributed by atoms with Crippen LogP contribution < -0.4 is 10.1 Å². The topological polar surface area (TPSA) is 37.4 Å². The van der Waals surface area contributed by atoms with E-state index >= 15 is 0 Å². The number of hydrogen-bond donors (Lipinski definition) is 1. The Morgan fingerprint density at radius 2 is 2.20 bits per heavy atom. The molecule has 0 amide bonds. The number of rotatable bonds is 5. The number of nitrogens with one attached hydrogen (secondary N) is 1. The van der Waals surface area contributed by atoms with Crippen LogP contribution in [0.1, 0.15) is 11.9 Å². The van der Waals surface area contributed by atoms with Crippen LogP contribution in [0.15, 0.2) is 18.2 Å². The van der Waals surface area contributed by atoms with Crippen molar-refractivity contribution in [2.24, 2.45) is 0 Å². The second kappa shape index (κ2) is 6.52. The third-order valence-electron chi connectivity index (χ3n) is 3.59. The van der Waals surface area contributed by atoms with E-state index in [2.05, 4.69) is 34.3 Å². The van der Waals surface area contributed by atoms with E-state index in [0.717, 1.165) is 57.0 Å². The molecule has 1 saturated heterocycles. The number of piperazine rings is 1. The molecule has 5 heteroatoms. The number of aromatic nitrogens is 1. The van der Waals surface area contributed by atoms with Crippen LogP contribution in [0.2, 0.25) is 0 Å². The van der Waals surface area contributed by atoms with Crippen molar-refractivity contribution in [3.63, 3.8) is 0 Å². The lowest BCUT2D eigenvalue weighted by molar-refractivity contribution is 0.191. The molecule has 0 bridgehead atoms. The van der Waals surface area contributed by atoms with Gasteiger partial charge in [0, 0.05) is 32.7 Å². The molecular weight excluding hydrogens is 270 g/mol. The molecule has 0 atom stereocenters. The fraction of sp³-hybridized carbons (Fsp3) is 0.533. The highest BCUT2D eigenvalue weighted by Gasteiger charge is 2.09. The maximum atomic E-state index is 5.88. The Morgan fingerprint density at radius 3 is 3.00 bits per heavy atom. The van der Waals surface area contributed by atoms with Crippen LogP contribution in [-0.4, -0.2) is 49.2 Å². The van der Waals surface area contributed by atoms with Gasteiger partial charge in [-0.15, -0.1) is 11.3 Å². The summed E-state index contributed by atoms with van der Waals surface area (Å²) >= 11 is 1.76. The monoisotopic (exact) mass is 291 g/mol. The molecule has 108 valence electrons. The summed E-state index contributed by atoms with van der Waals surface area (Å²) in [5.41, 5.74) is 1.08. The predicted molar refractivity (Wildman–Crippen MR) is 83.8 cm³/mol. The zero-order valence-corrected chi connectivity index (χ0v) is 12.7. The fourth-order valence-corrected chi connectivity index (χ4v) is 3.36. The molecule has 0 aliphatic carbocycles. The van der Waals surface area contributed by atoms with Crippen molar-refractivity contribution in [3.8, 4) is 5.75 Å². The molecule has 1 aromatic heterocycles. The first-order valence-electron chi connectivity index (χ1n) is 7.30. The van der Waals surface area contributed by atoms with E-state index in [0.29, 0.717) is 0 Å². The number of benzene rings is 1. The molecule has 1 aromatic carbocycles. The number of thiazole rings is 1. The third kappa shape index (κ3) is 3.29. The summed E-state index contributed by atoms with van der Waals surface area (Å²) in [6.07, 6.45) is 0.999. The van der Waals surface area contributed by atoms with Gasteiger partial charge in [0.25, 0.3) is 0 Å². The van der Waals surface area contributed by atoms with Gasteiger partial charge in [0.2, 0.25) is 0 Å². The van der Waals surface area contributed by atoms with E-state index in [9.17, 15) is 0 Å². The first kappa shape index (κ1) is 13.8.